The zero-order valence-corrected chi connectivity index (χ0v) is 18.2. The van der Waals surface area contributed by atoms with Gasteiger partial charge in [-0.15, -0.1) is 0 Å². The first-order valence-electron chi connectivity index (χ1n) is 11.1. The van der Waals surface area contributed by atoms with Crippen LogP contribution in [-0.4, -0.2) is 19.2 Å². The quantitative estimate of drug-likeness (QED) is 0.247. The summed E-state index contributed by atoms with van der Waals surface area (Å²) in [6, 6.07) is 28.5. The highest BCUT2D eigenvalue weighted by Gasteiger charge is 2.28. The number of hydrogen-bond donors (Lipinski definition) is 2. The third kappa shape index (κ3) is 4.40. The largest absolute Gasteiger partial charge is 0.449 e. The lowest BCUT2D eigenvalue weighted by Crippen LogP contribution is -2.26. The van der Waals surface area contributed by atoms with Crippen molar-refractivity contribution in [3.63, 3.8) is 0 Å². The minimum Gasteiger partial charge on any atom is -0.449 e. The molecule has 0 spiro atoms. The van der Waals surface area contributed by atoms with Crippen LogP contribution in [-0.2, 0) is 4.74 Å². The lowest BCUT2D eigenvalue weighted by atomic mass is 9.98. The fourth-order valence-corrected chi connectivity index (χ4v) is 4.38. The van der Waals surface area contributed by atoms with Gasteiger partial charge >= 0.3 is 6.09 Å². The van der Waals surface area contributed by atoms with E-state index in [4.69, 9.17) is 10.5 Å². The van der Waals surface area contributed by atoms with Crippen LogP contribution in [0.25, 0.3) is 21.9 Å². The number of anilines is 1. The molecule has 4 heteroatoms. The number of hydrogen-bond acceptors (Lipinski definition) is 3. The molecular formula is C29H24N2O2. The Morgan fingerprint density at radius 2 is 1.55 bits per heavy atom. The van der Waals surface area contributed by atoms with Crippen LogP contribution < -0.4 is 11.1 Å². The van der Waals surface area contributed by atoms with Crippen molar-refractivity contribution in [3.05, 3.63) is 102 Å². The second-order valence-corrected chi connectivity index (χ2v) is 8.13. The van der Waals surface area contributed by atoms with Crippen molar-refractivity contribution in [1.82, 2.24) is 5.32 Å². The summed E-state index contributed by atoms with van der Waals surface area (Å²) in [5.74, 6) is 6.32. The first kappa shape index (κ1) is 20.7. The highest BCUT2D eigenvalue weighted by Crippen LogP contribution is 2.44. The van der Waals surface area contributed by atoms with E-state index >= 15 is 0 Å². The maximum atomic E-state index is 12.2. The van der Waals surface area contributed by atoms with E-state index in [-0.39, 0.29) is 5.92 Å². The molecule has 0 heterocycles. The number of nitrogen functional groups attached to an aromatic ring is 1. The SMILES string of the molecule is Nc1ccc2cc(C#CCCNC(=O)OCC3c4ccccc4-c4ccccc43)ccc2c1. The zero-order chi connectivity index (χ0) is 22.6. The smallest absolute Gasteiger partial charge is 0.407 e. The summed E-state index contributed by atoms with van der Waals surface area (Å²) >= 11 is 0. The van der Waals surface area contributed by atoms with Gasteiger partial charge in [0.05, 0.1) is 0 Å². The summed E-state index contributed by atoms with van der Waals surface area (Å²) in [5.41, 5.74) is 12.4. The fourth-order valence-electron chi connectivity index (χ4n) is 4.38. The molecule has 3 N–H and O–H groups in total. The van der Waals surface area contributed by atoms with Crippen molar-refractivity contribution in [2.75, 3.05) is 18.9 Å². The Morgan fingerprint density at radius 3 is 2.30 bits per heavy atom. The van der Waals surface area contributed by atoms with Crippen LogP contribution in [0.5, 0.6) is 0 Å². The normalized spacial score (nSPS) is 11.9. The lowest BCUT2D eigenvalue weighted by Gasteiger charge is -2.14. The molecule has 0 bridgehead atoms. The van der Waals surface area contributed by atoms with Crippen LogP contribution in [0.1, 0.15) is 29.0 Å². The molecule has 162 valence electrons. The standard InChI is InChI=1S/C29H24N2O2/c30-23-15-14-21-17-20(12-13-22(21)18-23)7-5-6-16-31-29(32)33-19-28-26-10-3-1-8-24(26)25-9-2-4-11-27(25)28/h1-4,8-15,17-18,28H,6,16,19,30H2,(H,31,32). The first-order valence-corrected chi connectivity index (χ1v) is 11.1. The molecule has 1 aliphatic rings. The lowest BCUT2D eigenvalue weighted by molar-refractivity contribution is 0.143. The van der Waals surface area contributed by atoms with E-state index in [1.165, 1.54) is 22.3 Å². The van der Waals surface area contributed by atoms with E-state index in [0.29, 0.717) is 19.6 Å². The van der Waals surface area contributed by atoms with Crippen molar-refractivity contribution in [2.45, 2.75) is 12.3 Å². The van der Waals surface area contributed by atoms with Gasteiger partial charge in [-0.1, -0.05) is 72.5 Å². The number of fused-ring (bicyclic) bond motifs is 4. The summed E-state index contributed by atoms with van der Waals surface area (Å²) in [6.45, 7) is 0.751. The number of nitrogens with one attached hydrogen (secondary N) is 1. The number of rotatable bonds is 4. The third-order valence-corrected chi connectivity index (χ3v) is 5.96. The number of carbonyl (C=O) groups excluding carboxylic acids is 1. The Kier molecular flexibility index (Phi) is 5.70. The van der Waals surface area contributed by atoms with Crippen molar-refractivity contribution < 1.29 is 9.53 Å². The van der Waals surface area contributed by atoms with E-state index in [0.717, 1.165) is 22.0 Å². The van der Waals surface area contributed by atoms with E-state index < -0.39 is 6.09 Å². The maximum Gasteiger partial charge on any atom is 0.407 e. The first-order chi connectivity index (χ1) is 16.2. The Labute approximate surface area is 193 Å². The van der Waals surface area contributed by atoms with Gasteiger partial charge in [-0.2, -0.15) is 0 Å². The molecule has 0 aromatic heterocycles. The van der Waals surface area contributed by atoms with Gasteiger partial charge in [0, 0.05) is 30.1 Å². The predicted octanol–water partition coefficient (Wildman–Crippen LogP) is 5.70. The molecule has 5 rings (SSSR count). The summed E-state index contributed by atoms with van der Waals surface area (Å²) < 4.78 is 5.55. The average Bonchev–Trinajstić information content (AvgIpc) is 3.16. The number of nitrogens with two attached hydrogens (primary N) is 1. The van der Waals surface area contributed by atoms with Gasteiger partial charge in [0.25, 0.3) is 0 Å². The summed E-state index contributed by atoms with van der Waals surface area (Å²) in [5, 5.41) is 5.00. The molecule has 4 aromatic rings. The second kappa shape index (κ2) is 9.10. The number of ether oxygens (including phenoxy) is 1. The summed E-state index contributed by atoms with van der Waals surface area (Å²) in [4.78, 5) is 12.2. The van der Waals surface area contributed by atoms with E-state index in [1.807, 2.05) is 60.7 Å². The van der Waals surface area contributed by atoms with Crippen LogP contribution in [0.4, 0.5) is 10.5 Å². The molecule has 0 aliphatic heterocycles. The molecule has 0 atom stereocenters. The van der Waals surface area contributed by atoms with Gasteiger partial charge < -0.3 is 15.8 Å². The molecule has 1 amide bonds. The highest BCUT2D eigenvalue weighted by atomic mass is 16.5. The molecule has 0 fully saturated rings. The molecule has 4 aromatic carbocycles. The fraction of sp³-hybridized carbons (Fsp3) is 0.138. The number of alkyl carbamates (subject to hydrolysis) is 1. The average molecular weight is 433 g/mol. The maximum absolute atomic E-state index is 12.2. The van der Waals surface area contributed by atoms with Gasteiger partial charge in [-0.25, -0.2) is 4.79 Å². The van der Waals surface area contributed by atoms with E-state index in [9.17, 15) is 4.79 Å². The minimum atomic E-state index is -0.415. The Balaban J connectivity index is 1.13. The van der Waals surface area contributed by atoms with Gasteiger partial charge in [-0.05, 0) is 57.3 Å². The zero-order valence-electron chi connectivity index (χ0n) is 18.2. The molecule has 0 unspecified atom stereocenters. The molecule has 0 saturated carbocycles. The van der Waals surface area contributed by atoms with Crippen LogP contribution in [0.15, 0.2) is 84.9 Å². The molecule has 0 radical (unpaired) electrons. The van der Waals surface area contributed by atoms with Crippen LogP contribution >= 0.6 is 0 Å². The third-order valence-electron chi connectivity index (χ3n) is 5.96. The topological polar surface area (TPSA) is 64.3 Å². The van der Waals surface area contributed by atoms with E-state index in [1.54, 1.807) is 0 Å². The molecule has 33 heavy (non-hydrogen) atoms. The number of benzene rings is 4. The Hall–Kier alpha value is -4.23. The molecular weight excluding hydrogens is 408 g/mol. The Morgan fingerprint density at radius 1 is 0.879 bits per heavy atom. The van der Waals surface area contributed by atoms with Gasteiger partial charge in [0.1, 0.15) is 6.61 Å². The van der Waals surface area contributed by atoms with Crippen molar-refractivity contribution in [3.8, 4) is 23.0 Å². The Bertz CT molecular complexity index is 1350. The monoisotopic (exact) mass is 432 g/mol. The predicted molar refractivity (Wildman–Crippen MR) is 133 cm³/mol. The van der Waals surface area contributed by atoms with Crippen molar-refractivity contribution in [1.29, 1.82) is 0 Å². The highest BCUT2D eigenvalue weighted by molar-refractivity contribution is 5.86. The van der Waals surface area contributed by atoms with Crippen LogP contribution in [0.3, 0.4) is 0 Å². The molecule has 1 aliphatic carbocycles. The van der Waals surface area contributed by atoms with Crippen molar-refractivity contribution >= 4 is 22.6 Å². The summed E-state index contributed by atoms with van der Waals surface area (Å²) in [7, 11) is 0. The van der Waals surface area contributed by atoms with E-state index in [2.05, 4.69) is 41.4 Å². The molecule has 0 saturated heterocycles. The number of amides is 1. The number of carbonyl (C=O) groups is 1. The van der Waals surface area contributed by atoms with Crippen LogP contribution in [0, 0.1) is 11.8 Å². The van der Waals surface area contributed by atoms with Gasteiger partial charge in [0.2, 0.25) is 0 Å². The summed E-state index contributed by atoms with van der Waals surface area (Å²) in [6.07, 6.45) is 0.131. The minimum absolute atomic E-state index is 0.0613. The van der Waals surface area contributed by atoms with Gasteiger partial charge in [0.15, 0.2) is 0 Å². The van der Waals surface area contributed by atoms with Crippen molar-refractivity contribution in [2.24, 2.45) is 0 Å². The second-order valence-electron chi connectivity index (χ2n) is 8.13. The van der Waals surface area contributed by atoms with Gasteiger partial charge in [-0.3, -0.25) is 0 Å². The molecule has 4 nitrogen and oxygen atoms in total. The van der Waals surface area contributed by atoms with Crippen LogP contribution in [0.2, 0.25) is 0 Å².